The molecule has 100 valence electrons. The first-order valence-electron chi connectivity index (χ1n) is 5.21. The van der Waals surface area contributed by atoms with Crippen LogP contribution in [0.4, 0.5) is 0 Å². The maximum Gasteiger partial charge on any atom is 0.333 e. The highest BCUT2D eigenvalue weighted by Crippen LogP contribution is 2.28. The summed E-state index contributed by atoms with van der Waals surface area (Å²) in [6.45, 7) is 5.93. The summed E-state index contributed by atoms with van der Waals surface area (Å²) in [7, 11) is -0.625. The zero-order chi connectivity index (χ0) is 13.7. The Balaban J connectivity index is 3.98. The summed E-state index contributed by atoms with van der Waals surface area (Å²) in [5.74, 6) is -0.457. The van der Waals surface area contributed by atoms with Crippen molar-refractivity contribution in [2.75, 3.05) is 40.0 Å². The molecule has 0 rings (SSSR count). The fourth-order valence-corrected chi connectivity index (χ4v) is 1.81. The van der Waals surface area contributed by atoms with E-state index in [2.05, 4.69) is 6.58 Å². The largest absolute Gasteiger partial charge is 0.778 e. The van der Waals surface area contributed by atoms with Crippen molar-refractivity contribution in [3.8, 4) is 0 Å². The number of hydrogen-bond acceptors (Lipinski definition) is 4. The highest BCUT2D eigenvalue weighted by atomic mass is 31.2. The second-order valence-corrected chi connectivity index (χ2v) is 6.38. The fraction of sp³-hybridized carbons (Fsp3) is 0.700. The van der Waals surface area contributed by atoms with Gasteiger partial charge in [0.1, 0.15) is 20.7 Å². The molecular formula is C10H20NO5P. The summed E-state index contributed by atoms with van der Waals surface area (Å²) in [6.07, 6.45) is -0.283. The van der Waals surface area contributed by atoms with Crippen molar-refractivity contribution in [1.29, 1.82) is 0 Å². The van der Waals surface area contributed by atoms with Crippen LogP contribution in [0.25, 0.3) is 0 Å². The lowest BCUT2D eigenvalue weighted by molar-refractivity contribution is -0.888. The molecule has 6 nitrogen and oxygen atoms in total. The molecule has 17 heavy (non-hydrogen) atoms. The lowest BCUT2D eigenvalue weighted by Gasteiger charge is -2.31. The molecule has 0 aliphatic carbocycles. The van der Waals surface area contributed by atoms with E-state index in [9.17, 15) is 14.3 Å². The molecule has 7 heteroatoms. The second kappa shape index (κ2) is 6.31. The zero-order valence-electron chi connectivity index (χ0n) is 10.5. The third kappa shape index (κ3) is 9.06. The normalized spacial score (nSPS) is 15.1. The Morgan fingerprint density at radius 1 is 1.47 bits per heavy atom. The van der Waals surface area contributed by atoms with Crippen LogP contribution in [0.3, 0.4) is 0 Å². The van der Waals surface area contributed by atoms with Gasteiger partial charge >= 0.3 is 5.97 Å². The van der Waals surface area contributed by atoms with E-state index < -0.39 is 13.6 Å². The number of nitrogens with zero attached hydrogens (tertiary/aromatic N) is 1. The standard InChI is InChI=1S/C10H20NO5P/c1-9(2)10(12)16-7-5-11(3,4)6-8-17(13,14)15/h1,5-8H2,2-4H3,(H-,13,14,15). The Hall–Kier alpha value is -0.680. The molecule has 1 atom stereocenters. The van der Waals surface area contributed by atoms with Crippen molar-refractivity contribution >= 4 is 13.6 Å². The van der Waals surface area contributed by atoms with E-state index in [1.54, 1.807) is 21.0 Å². The average molecular weight is 265 g/mol. The Labute approximate surface area is 102 Å². The van der Waals surface area contributed by atoms with Crippen molar-refractivity contribution in [3.05, 3.63) is 12.2 Å². The van der Waals surface area contributed by atoms with Crippen LogP contribution in [-0.4, -0.2) is 55.3 Å². The molecule has 1 unspecified atom stereocenters. The SMILES string of the molecule is C=C(C)C(=O)OCC[N+](C)(C)CCP(=O)([O-])O. The smallest absolute Gasteiger partial charge is 0.333 e. The Bertz CT molecular complexity index is 334. The van der Waals surface area contributed by atoms with Gasteiger partial charge in [-0.05, 0) is 6.92 Å². The Morgan fingerprint density at radius 2 is 2.00 bits per heavy atom. The number of esters is 1. The summed E-state index contributed by atoms with van der Waals surface area (Å²) < 4.78 is 15.9. The summed E-state index contributed by atoms with van der Waals surface area (Å²) in [5, 5.41) is 0. The lowest BCUT2D eigenvalue weighted by Crippen LogP contribution is -2.45. The maximum atomic E-state index is 11.1. The summed E-state index contributed by atoms with van der Waals surface area (Å²) in [6, 6.07) is 0. The number of carbonyl (C=O) groups excluding carboxylic acids is 1. The van der Waals surface area contributed by atoms with Crippen molar-refractivity contribution in [2.45, 2.75) is 6.92 Å². The van der Waals surface area contributed by atoms with Gasteiger partial charge in [-0.3, -0.25) is 0 Å². The minimum absolute atomic E-state index is 0.188. The van der Waals surface area contributed by atoms with E-state index >= 15 is 0 Å². The molecule has 0 aromatic carbocycles. The number of hydrogen-bond donors (Lipinski definition) is 1. The fourth-order valence-electron chi connectivity index (χ4n) is 1.02. The quantitative estimate of drug-likeness (QED) is 0.296. The Kier molecular flexibility index (Phi) is 6.05. The topological polar surface area (TPSA) is 86.7 Å². The van der Waals surface area contributed by atoms with E-state index in [-0.39, 0.29) is 19.3 Å². The third-order valence-corrected chi connectivity index (χ3v) is 3.03. The van der Waals surface area contributed by atoms with Crippen LogP contribution in [0, 0.1) is 0 Å². The first-order chi connectivity index (χ1) is 7.53. The van der Waals surface area contributed by atoms with Gasteiger partial charge in [0.05, 0.1) is 26.8 Å². The van der Waals surface area contributed by atoms with Crippen LogP contribution in [-0.2, 0) is 14.1 Å². The Morgan fingerprint density at radius 3 is 2.41 bits per heavy atom. The van der Waals surface area contributed by atoms with Gasteiger partial charge < -0.3 is 23.6 Å². The monoisotopic (exact) mass is 265 g/mol. The van der Waals surface area contributed by atoms with Crippen molar-refractivity contribution in [2.24, 2.45) is 0 Å². The highest BCUT2D eigenvalue weighted by molar-refractivity contribution is 7.50. The summed E-state index contributed by atoms with van der Waals surface area (Å²) in [5.41, 5.74) is 0.328. The number of likely N-dealkylation sites (N-methyl/N-ethyl adjacent to an activating group) is 1. The van der Waals surface area contributed by atoms with E-state index in [1.165, 1.54) is 0 Å². The van der Waals surface area contributed by atoms with Crippen LogP contribution in [0.5, 0.6) is 0 Å². The van der Waals surface area contributed by atoms with E-state index in [1.807, 2.05) is 0 Å². The van der Waals surface area contributed by atoms with Crippen molar-refractivity contribution in [3.63, 3.8) is 0 Å². The molecule has 0 aliphatic rings. The summed E-state index contributed by atoms with van der Waals surface area (Å²) in [4.78, 5) is 30.4. The van der Waals surface area contributed by atoms with Gasteiger partial charge in [0.25, 0.3) is 0 Å². The van der Waals surface area contributed by atoms with Crippen molar-refractivity contribution in [1.82, 2.24) is 0 Å². The molecule has 0 heterocycles. The summed E-state index contributed by atoms with van der Waals surface area (Å²) >= 11 is 0. The zero-order valence-corrected chi connectivity index (χ0v) is 11.4. The van der Waals surface area contributed by atoms with Crippen LogP contribution in [0.2, 0.25) is 0 Å². The van der Waals surface area contributed by atoms with Gasteiger partial charge in [0.15, 0.2) is 0 Å². The number of ether oxygens (including phenoxy) is 1. The molecule has 0 radical (unpaired) electrons. The average Bonchev–Trinajstić information content (AvgIpc) is 2.13. The van der Waals surface area contributed by atoms with E-state index in [0.29, 0.717) is 16.6 Å². The minimum atomic E-state index is -4.22. The van der Waals surface area contributed by atoms with Crippen LogP contribution in [0.15, 0.2) is 12.2 Å². The maximum absolute atomic E-state index is 11.1. The van der Waals surface area contributed by atoms with Crippen molar-refractivity contribution < 1.29 is 28.4 Å². The van der Waals surface area contributed by atoms with Gasteiger partial charge in [-0.1, -0.05) is 6.58 Å². The van der Waals surface area contributed by atoms with Gasteiger partial charge in [0.2, 0.25) is 0 Å². The predicted octanol–water partition coefficient (Wildman–Crippen LogP) is -0.272. The molecular weight excluding hydrogens is 245 g/mol. The van der Waals surface area contributed by atoms with Crippen LogP contribution >= 0.6 is 7.60 Å². The van der Waals surface area contributed by atoms with Gasteiger partial charge in [-0.15, -0.1) is 0 Å². The number of quaternary nitrogens is 1. The predicted molar refractivity (Wildman–Crippen MR) is 62.3 cm³/mol. The van der Waals surface area contributed by atoms with Gasteiger partial charge in [-0.2, -0.15) is 0 Å². The number of carbonyl (C=O) groups is 1. The second-order valence-electron chi connectivity index (χ2n) is 4.66. The molecule has 0 amide bonds. The van der Waals surface area contributed by atoms with Gasteiger partial charge in [0, 0.05) is 5.57 Å². The highest BCUT2D eigenvalue weighted by Gasteiger charge is 2.18. The molecule has 0 saturated carbocycles. The van der Waals surface area contributed by atoms with E-state index in [4.69, 9.17) is 9.63 Å². The molecule has 0 saturated heterocycles. The molecule has 0 aliphatic heterocycles. The molecule has 0 bridgehead atoms. The van der Waals surface area contributed by atoms with E-state index in [0.717, 1.165) is 0 Å². The molecule has 0 aromatic heterocycles. The lowest BCUT2D eigenvalue weighted by atomic mass is 10.4. The third-order valence-electron chi connectivity index (χ3n) is 2.27. The minimum Gasteiger partial charge on any atom is -0.778 e. The van der Waals surface area contributed by atoms with Crippen LogP contribution < -0.4 is 4.89 Å². The molecule has 0 spiro atoms. The van der Waals surface area contributed by atoms with Crippen LogP contribution in [0.1, 0.15) is 6.92 Å². The first kappa shape index (κ1) is 16.3. The molecule has 0 aromatic rings. The molecule has 0 fully saturated rings. The van der Waals surface area contributed by atoms with Gasteiger partial charge in [-0.25, -0.2) is 4.79 Å². The first-order valence-corrected chi connectivity index (χ1v) is 6.97. The molecule has 1 N–H and O–H groups in total. The number of rotatable bonds is 7.